The van der Waals surface area contributed by atoms with Gasteiger partial charge in [0, 0.05) is 19.3 Å². The molecule has 0 radical (unpaired) electrons. The molecule has 0 aromatic carbocycles. The molecule has 0 spiro atoms. The van der Waals surface area contributed by atoms with Crippen molar-refractivity contribution < 1.29 is 19.1 Å². The second-order valence-corrected chi connectivity index (χ2v) is 5.75. The molecule has 124 valence electrons. The van der Waals surface area contributed by atoms with Gasteiger partial charge in [-0.2, -0.15) is 0 Å². The quantitative estimate of drug-likeness (QED) is 0.396. The van der Waals surface area contributed by atoms with Gasteiger partial charge >= 0.3 is 11.9 Å². The van der Waals surface area contributed by atoms with E-state index in [2.05, 4.69) is 13.8 Å². The average Bonchev–Trinajstić information content (AvgIpc) is 2.38. The van der Waals surface area contributed by atoms with Gasteiger partial charge in [-0.1, -0.05) is 39.5 Å². The van der Waals surface area contributed by atoms with Crippen molar-refractivity contribution in [3.05, 3.63) is 0 Å². The maximum atomic E-state index is 11.6. The van der Waals surface area contributed by atoms with Crippen LogP contribution < -0.4 is 0 Å². The lowest BCUT2D eigenvalue weighted by atomic mass is 10.2. The van der Waals surface area contributed by atoms with E-state index in [1.807, 2.05) is 13.8 Å². The van der Waals surface area contributed by atoms with Gasteiger partial charge in [-0.3, -0.25) is 9.59 Å². The number of carbonyl (C=O) groups excluding carboxylic acids is 2. The Morgan fingerprint density at radius 1 is 0.762 bits per heavy atom. The standard InChI is InChI=1S/C17H32O4/c1-5-7-9-11-16(18)20-14(3)13-15(4)21-17(19)12-10-8-6-2/h14-15H,5-13H2,1-4H3. The molecule has 0 aliphatic rings. The molecule has 0 amide bonds. The van der Waals surface area contributed by atoms with E-state index in [1.54, 1.807) is 0 Å². The fourth-order valence-corrected chi connectivity index (χ4v) is 2.17. The van der Waals surface area contributed by atoms with E-state index in [4.69, 9.17) is 9.47 Å². The first-order valence-electron chi connectivity index (χ1n) is 8.38. The Hall–Kier alpha value is -1.06. The van der Waals surface area contributed by atoms with Crippen LogP contribution in [-0.2, 0) is 19.1 Å². The van der Waals surface area contributed by atoms with Gasteiger partial charge in [0.05, 0.1) is 0 Å². The van der Waals surface area contributed by atoms with Crippen molar-refractivity contribution in [1.82, 2.24) is 0 Å². The SMILES string of the molecule is CCCCCC(=O)OC(C)CC(C)OC(=O)CCCCC. The Morgan fingerprint density at radius 3 is 1.48 bits per heavy atom. The normalized spacial score (nSPS) is 13.5. The molecule has 0 fully saturated rings. The molecule has 2 unspecified atom stereocenters. The Kier molecular flexibility index (Phi) is 12.0. The number of unbranched alkanes of at least 4 members (excludes halogenated alkanes) is 4. The second kappa shape index (κ2) is 12.7. The number of hydrogen-bond acceptors (Lipinski definition) is 4. The molecule has 0 rings (SSSR count). The number of esters is 2. The van der Waals surface area contributed by atoms with E-state index in [0.717, 1.165) is 38.5 Å². The minimum absolute atomic E-state index is 0.155. The van der Waals surface area contributed by atoms with E-state index in [-0.39, 0.29) is 24.1 Å². The maximum Gasteiger partial charge on any atom is 0.306 e. The van der Waals surface area contributed by atoms with Crippen LogP contribution in [0, 0.1) is 0 Å². The molecule has 0 N–H and O–H groups in total. The molecule has 21 heavy (non-hydrogen) atoms. The van der Waals surface area contributed by atoms with Crippen LogP contribution in [0.3, 0.4) is 0 Å². The van der Waals surface area contributed by atoms with E-state index >= 15 is 0 Å². The van der Waals surface area contributed by atoms with E-state index in [0.29, 0.717) is 19.3 Å². The molecule has 0 aromatic heterocycles. The molecule has 0 aromatic rings. The van der Waals surface area contributed by atoms with Gasteiger partial charge < -0.3 is 9.47 Å². The first kappa shape index (κ1) is 19.9. The van der Waals surface area contributed by atoms with Crippen LogP contribution in [-0.4, -0.2) is 24.1 Å². The van der Waals surface area contributed by atoms with E-state index < -0.39 is 0 Å². The van der Waals surface area contributed by atoms with Crippen LogP contribution >= 0.6 is 0 Å². The Balaban J connectivity index is 3.79. The summed E-state index contributed by atoms with van der Waals surface area (Å²) in [6, 6.07) is 0. The summed E-state index contributed by atoms with van der Waals surface area (Å²) < 4.78 is 10.6. The first-order valence-corrected chi connectivity index (χ1v) is 8.38. The molecule has 0 saturated heterocycles. The molecule has 0 aliphatic heterocycles. The van der Waals surface area contributed by atoms with Crippen molar-refractivity contribution in [2.45, 2.75) is 97.7 Å². The van der Waals surface area contributed by atoms with Crippen LogP contribution in [0.1, 0.15) is 85.5 Å². The highest BCUT2D eigenvalue weighted by molar-refractivity contribution is 5.70. The molecule has 4 heteroatoms. The minimum atomic E-state index is -0.211. The molecule has 0 bridgehead atoms. The highest BCUT2D eigenvalue weighted by Gasteiger charge is 2.16. The number of rotatable bonds is 12. The molecular weight excluding hydrogens is 268 g/mol. The molecule has 4 nitrogen and oxygen atoms in total. The number of carbonyl (C=O) groups is 2. The summed E-state index contributed by atoms with van der Waals surface area (Å²) in [4.78, 5) is 23.2. The summed E-state index contributed by atoms with van der Waals surface area (Å²) in [5.41, 5.74) is 0. The van der Waals surface area contributed by atoms with E-state index in [9.17, 15) is 9.59 Å². The predicted octanol–water partition coefficient (Wildman–Crippen LogP) is 4.40. The lowest BCUT2D eigenvalue weighted by molar-refractivity contribution is -0.154. The lowest BCUT2D eigenvalue weighted by Gasteiger charge is -2.18. The van der Waals surface area contributed by atoms with Gasteiger partial charge in [0.15, 0.2) is 0 Å². The van der Waals surface area contributed by atoms with Crippen LogP contribution in [0.4, 0.5) is 0 Å². The van der Waals surface area contributed by atoms with Gasteiger partial charge in [-0.15, -0.1) is 0 Å². The Morgan fingerprint density at radius 2 is 1.14 bits per heavy atom. The summed E-state index contributed by atoms with van der Waals surface area (Å²) in [6.45, 7) is 7.90. The molecular formula is C17H32O4. The van der Waals surface area contributed by atoms with Crippen LogP contribution in [0.5, 0.6) is 0 Å². The van der Waals surface area contributed by atoms with Crippen molar-refractivity contribution in [3.8, 4) is 0 Å². The fourth-order valence-electron chi connectivity index (χ4n) is 2.17. The number of ether oxygens (including phenoxy) is 2. The van der Waals surface area contributed by atoms with Gasteiger partial charge in [0.25, 0.3) is 0 Å². The maximum absolute atomic E-state index is 11.6. The van der Waals surface area contributed by atoms with Gasteiger partial charge in [-0.25, -0.2) is 0 Å². The molecule has 0 aliphatic carbocycles. The fraction of sp³-hybridized carbons (Fsp3) is 0.882. The van der Waals surface area contributed by atoms with Crippen molar-refractivity contribution in [2.75, 3.05) is 0 Å². The number of hydrogen-bond donors (Lipinski definition) is 0. The highest BCUT2D eigenvalue weighted by atomic mass is 16.6. The Labute approximate surface area is 129 Å². The molecule has 0 saturated carbocycles. The predicted molar refractivity (Wildman–Crippen MR) is 84.0 cm³/mol. The first-order chi connectivity index (χ1) is 9.99. The topological polar surface area (TPSA) is 52.6 Å². The average molecular weight is 300 g/mol. The zero-order valence-electron chi connectivity index (χ0n) is 14.2. The van der Waals surface area contributed by atoms with Gasteiger partial charge in [0.2, 0.25) is 0 Å². The Bertz CT molecular complexity index is 261. The van der Waals surface area contributed by atoms with Crippen LogP contribution in [0.2, 0.25) is 0 Å². The van der Waals surface area contributed by atoms with Gasteiger partial charge in [-0.05, 0) is 26.7 Å². The summed E-state index contributed by atoms with van der Waals surface area (Å²) >= 11 is 0. The third-order valence-electron chi connectivity index (χ3n) is 3.30. The summed E-state index contributed by atoms with van der Waals surface area (Å²) in [6.07, 6.45) is 7.13. The zero-order chi connectivity index (χ0) is 16.1. The summed E-state index contributed by atoms with van der Waals surface area (Å²) in [7, 11) is 0. The lowest BCUT2D eigenvalue weighted by Crippen LogP contribution is -2.23. The van der Waals surface area contributed by atoms with E-state index in [1.165, 1.54) is 0 Å². The summed E-state index contributed by atoms with van der Waals surface area (Å²) in [5, 5.41) is 0. The zero-order valence-corrected chi connectivity index (χ0v) is 14.2. The summed E-state index contributed by atoms with van der Waals surface area (Å²) in [5.74, 6) is -0.310. The minimum Gasteiger partial charge on any atom is -0.463 e. The second-order valence-electron chi connectivity index (χ2n) is 5.75. The van der Waals surface area contributed by atoms with Crippen LogP contribution in [0.15, 0.2) is 0 Å². The smallest absolute Gasteiger partial charge is 0.306 e. The van der Waals surface area contributed by atoms with Gasteiger partial charge in [0.1, 0.15) is 12.2 Å². The monoisotopic (exact) mass is 300 g/mol. The van der Waals surface area contributed by atoms with Crippen molar-refractivity contribution in [3.63, 3.8) is 0 Å². The van der Waals surface area contributed by atoms with Crippen molar-refractivity contribution in [1.29, 1.82) is 0 Å². The van der Waals surface area contributed by atoms with Crippen LogP contribution in [0.25, 0.3) is 0 Å². The van der Waals surface area contributed by atoms with Crippen molar-refractivity contribution >= 4 is 11.9 Å². The third-order valence-corrected chi connectivity index (χ3v) is 3.30. The highest BCUT2D eigenvalue weighted by Crippen LogP contribution is 2.10. The van der Waals surface area contributed by atoms with Crippen molar-refractivity contribution in [2.24, 2.45) is 0 Å². The molecule has 2 atom stereocenters. The largest absolute Gasteiger partial charge is 0.463 e. The third kappa shape index (κ3) is 12.4. The molecule has 0 heterocycles.